The van der Waals surface area contributed by atoms with E-state index in [1.807, 2.05) is 0 Å². The molecule has 0 bridgehead atoms. The number of halogens is 4. The van der Waals surface area contributed by atoms with Crippen molar-refractivity contribution in [3.8, 4) is 0 Å². The molecule has 1 N–H and O–H groups in total. The number of nitrogens with zero attached hydrogens (tertiary/aromatic N) is 2. The second kappa shape index (κ2) is 7.65. The van der Waals surface area contributed by atoms with Crippen LogP contribution in [-0.2, 0) is 13.0 Å². The van der Waals surface area contributed by atoms with Crippen LogP contribution in [0.2, 0.25) is 5.15 Å². The normalized spacial score (nSPS) is 12.8. The number of aromatic nitrogens is 2. The molecule has 2 aromatic rings. The lowest BCUT2D eigenvalue weighted by atomic mass is 10.2. The maximum absolute atomic E-state index is 13.6. The van der Waals surface area contributed by atoms with E-state index in [0.717, 1.165) is 5.56 Å². The molecule has 0 spiro atoms. The summed E-state index contributed by atoms with van der Waals surface area (Å²) in [6, 6.07) is 5.53. The molecule has 0 saturated heterocycles. The minimum atomic E-state index is -2.40. The van der Waals surface area contributed by atoms with Crippen molar-refractivity contribution >= 4 is 11.6 Å². The highest BCUT2D eigenvalue weighted by molar-refractivity contribution is 6.30. The average molecular weight is 332 g/mol. The molecule has 1 aromatic carbocycles. The van der Waals surface area contributed by atoms with Gasteiger partial charge in [-0.05, 0) is 26.0 Å². The Labute approximate surface area is 132 Å². The quantitative estimate of drug-likeness (QED) is 0.841. The Morgan fingerprint density at radius 1 is 1.27 bits per heavy atom. The summed E-state index contributed by atoms with van der Waals surface area (Å²) in [6.07, 6.45) is -0.343. The molecule has 22 heavy (non-hydrogen) atoms. The van der Waals surface area contributed by atoms with Gasteiger partial charge in [0.1, 0.15) is 11.0 Å². The first-order valence-electron chi connectivity index (χ1n) is 6.94. The summed E-state index contributed by atoms with van der Waals surface area (Å²) < 4.78 is 39.9. The van der Waals surface area contributed by atoms with E-state index in [0.29, 0.717) is 23.7 Å². The molecule has 0 fully saturated rings. The highest BCUT2D eigenvalue weighted by Gasteiger charge is 2.14. The predicted octanol–water partition coefficient (Wildman–Crippen LogP) is 3.51. The fraction of sp³-hybridized carbons (Fsp3) is 0.400. The van der Waals surface area contributed by atoms with Crippen LogP contribution in [-0.4, -0.2) is 28.8 Å². The minimum Gasteiger partial charge on any atom is -0.309 e. The fourth-order valence-electron chi connectivity index (χ4n) is 2.00. The fourth-order valence-corrected chi connectivity index (χ4v) is 2.25. The van der Waals surface area contributed by atoms with Gasteiger partial charge in [-0.1, -0.05) is 29.8 Å². The molecule has 0 amide bonds. The maximum Gasteiger partial charge on any atom is 0.253 e. The molecule has 0 radical (unpaired) electrons. The predicted molar refractivity (Wildman–Crippen MR) is 79.9 cm³/mol. The van der Waals surface area contributed by atoms with Gasteiger partial charge < -0.3 is 5.32 Å². The van der Waals surface area contributed by atoms with Gasteiger partial charge in [-0.3, -0.25) is 0 Å². The molecule has 1 unspecified atom stereocenters. The summed E-state index contributed by atoms with van der Waals surface area (Å²) >= 11 is 6.21. The van der Waals surface area contributed by atoms with Crippen molar-refractivity contribution < 1.29 is 13.2 Å². The third-order valence-corrected chi connectivity index (χ3v) is 3.80. The minimum absolute atomic E-state index is 0.229. The summed E-state index contributed by atoms with van der Waals surface area (Å²) in [7, 11) is 0. The summed E-state index contributed by atoms with van der Waals surface area (Å²) in [6.45, 7) is 2.02. The largest absolute Gasteiger partial charge is 0.309 e. The van der Waals surface area contributed by atoms with Crippen LogP contribution >= 0.6 is 11.6 Å². The second-order valence-corrected chi connectivity index (χ2v) is 5.39. The van der Waals surface area contributed by atoms with E-state index in [-0.39, 0.29) is 12.4 Å². The van der Waals surface area contributed by atoms with Crippen molar-refractivity contribution in [2.24, 2.45) is 0 Å². The standard InChI is InChI=1S/C15H17ClF3N3/c1-10(15(18)19)20-7-6-11-8-21-22(14(11)16)9-12-4-2-3-5-13(12)17/h2-5,8,10,15,20H,6-7,9H2,1H3. The highest BCUT2D eigenvalue weighted by atomic mass is 35.5. The van der Waals surface area contributed by atoms with Crippen molar-refractivity contribution in [1.29, 1.82) is 0 Å². The monoisotopic (exact) mass is 331 g/mol. The topological polar surface area (TPSA) is 29.9 Å². The van der Waals surface area contributed by atoms with Crippen molar-refractivity contribution in [2.75, 3.05) is 6.54 Å². The molecule has 1 atom stereocenters. The van der Waals surface area contributed by atoms with Gasteiger partial charge in [-0.25, -0.2) is 17.9 Å². The summed E-state index contributed by atoms with van der Waals surface area (Å²) in [5.74, 6) is -0.317. The van der Waals surface area contributed by atoms with Crippen LogP contribution in [0.25, 0.3) is 0 Å². The molecule has 1 heterocycles. The van der Waals surface area contributed by atoms with Gasteiger partial charge in [0.05, 0.1) is 18.8 Å². The Hall–Kier alpha value is -1.53. The van der Waals surface area contributed by atoms with Crippen LogP contribution < -0.4 is 5.32 Å². The van der Waals surface area contributed by atoms with Gasteiger partial charge in [-0.15, -0.1) is 0 Å². The van der Waals surface area contributed by atoms with E-state index in [1.54, 1.807) is 24.4 Å². The second-order valence-electron chi connectivity index (χ2n) is 5.04. The summed E-state index contributed by atoms with van der Waals surface area (Å²) in [5.41, 5.74) is 1.23. The third-order valence-electron chi connectivity index (χ3n) is 3.36. The van der Waals surface area contributed by atoms with E-state index in [4.69, 9.17) is 11.6 Å². The number of hydrogen-bond acceptors (Lipinski definition) is 2. The van der Waals surface area contributed by atoms with Crippen molar-refractivity contribution in [3.63, 3.8) is 0 Å². The van der Waals surface area contributed by atoms with E-state index < -0.39 is 12.5 Å². The highest BCUT2D eigenvalue weighted by Crippen LogP contribution is 2.18. The summed E-state index contributed by atoms with van der Waals surface area (Å²) in [5, 5.41) is 7.25. The lowest BCUT2D eigenvalue weighted by molar-refractivity contribution is 0.106. The molecule has 0 aliphatic carbocycles. The number of rotatable bonds is 7. The zero-order chi connectivity index (χ0) is 16.1. The zero-order valence-corrected chi connectivity index (χ0v) is 12.8. The van der Waals surface area contributed by atoms with Gasteiger partial charge in [0.15, 0.2) is 0 Å². The Bertz CT molecular complexity index is 616. The number of hydrogen-bond donors (Lipinski definition) is 1. The van der Waals surface area contributed by atoms with Crippen molar-refractivity contribution in [1.82, 2.24) is 15.1 Å². The molecule has 1 aromatic heterocycles. The molecule has 120 valence electrons. The average Bonchev–Trinajstić information content (AvgIpc) is 2.82. The van der Waals surface area contributed by atoms with E-state index in [2.05, 4.69) is 10.4 Å². The van der Waals surface area contributed by atoms with Crippen LogP contribution in [0.5, 0.6) is 0 Å². The number of alkyl halides is 2. The Morgan fingerprint density at radius 2 is 2.00 bits per heavy atom. The number of nitrogens with one attached hydrogen (secondary N) is 1. The molecular formula is C15H17ClF3N3. The first-order chi connectivity index (χ1) is 10.5. The van der Waals surface area contributed by atoms with Gasteiger partial charge in [0.2, 0.25) is 0 Å². The van der Waals surface area contributed by atoms with Crippen LogP contribution in [0.3, 0.4) is 0 Å². The van der Waals surface area contributed by atoms with E-state index >= 15 is 0 Å². The molecule has 0 aliphatic rings. The van der Waals surface area contributed by atoms with Crippen LogP contribution in [0.15, 0.2) is 30.5 Å². The van der Waals surface area contributed by atoms with Gasteiger partial charge >= 0.3 is 0 Å². The van der Waals surface area contributed by atoms with Crippen LogP contribution in [0, 0.1) is 5.82 Å². The van der Waals surface area contributed by atoms with E-state index in [9.17, 15) is 13.2 Å². The summed E-state index contributed by atoms with van der Waals surface area (Å²) in [4.78, 5) is 0. The van der Waals surface area contributed by atoms with Crippen molar-refractivity contribution in [2.45, 2.75) is 32.4 Å². The van der Waals surface area contributed by atoms with Gasteiger partial charge in [0.25, 0.3) is 6.43 Å². The van der Waals surface area contributed by atoms with Gasteiger partial charge in [0, 0.05) is 11.1 Å². The van der Waals surface area contributed by atoms with Crippen LogP contribution in [0.1, 0.15) is 18.1 Å². The first kappa shape index (κ1) is 16.8. The first-order valence-corrected chi connectivity index (χ1v) is 7.32. The van der Waals surface area contributed by atoms with Gasteiger partial charge in [-0.2, -0.15) is 5.10 Å². The molecule has 0 aliphatic heterocycles. The number of benzene rings is 1. The lowest BCUT2D eigenvalue weighted by Crippen LogP contribution is -2.33. The Morgan fingerprint density at radius 3 is 2.68 bits per heavy atom. The molecule has 7 heteroatoms. The maximum atomic E-state index is 13.6. The van der Waals surface area contributed by atoms with Crippen LogP contribution in [0.4, 0.5) is 13.2 Å². The van der Waals surface area contributed by atoms with E-state index in [1.165, 1.54) is 17.7 Å². The Kier molecular flexibility index (Phi) is 5.85. The van der Waals surface area contributed by atoms with Crippen molar-refractivity contribution in [3.05, 3.63) is 52.6 Å². The zero-order valence-electron chi connectivity index (χ0n) is 12.1. The Balaban J connectivity index is 1.96. The SMILES string of the molecule is CC(NCCc1cnn(Cc2ccccc2F)c1Cl)C(F)F. The molecular weight excluding hydrogens is 315 g/mol. The third kappa shape index (κ3) is 4.24. The smallest absolute Gasteiger partial charge is 0.253 e. The molecule has 0 saturated carbocycles. The lowest BCUT2D eigenvalue weighted by Gasteiger charge is -2.11. The molecule has 3 nitrogen and oxygen atoms in total. The molecule has 2 rings (SSSR count).